The summed E-state index contributed by atoms with van der Waals surface area (Å²) in [6.07, 6.45) is 0.924. The molecule has 23 heavy (non-hydrogen) atoms. The van der Waals surface area contributed by atoms with Crippen LogP contribution in [-0.2, 0) is 19.5 Å². The summed E-state index contributed by atoms with van der Waals surface area (Å²) in [5.74, 6) is 2.25. The number of rotatable bonds is 3. The van der Waals surface area contributed by atoms with Crippen molar-refractivity contribution in [2.24, 2.45) is 0 Å². The molecule has 0 aliphatic carbocycles. The van der Waals surface area contributed by atoms with Crippen molar-refractivity contribution >= 4 is 17.2 Å². The maximum absolute atomic E-state index is 12.4. The van der Waals surface area contributed by atoms with Crippen LogP contribution < -0.4 is 0 Å². The fourth-order valence-corrected chi connectivity index (χ4v) is 4.08. The summed E-state index contributed by atoms with van der Waals surface area (Å²) >= 11 is 1.43. The standard InChI is InChI=1S/C15H20N6OS/c1-3-12-17-18-13-8-19(4-5-21(12)13)11-6-20(7-11)15(22)14-10(2)16-9-23-14/h9,11H,3-8H2,1-2H3. The van der Waals surface area contributed by atoms with Gasteiger partial charge in [0.05, 0.1) is 17.7 Å². The first-order valence-electron chi connectivity index (χ1n) is 8.01. The monoisotopic (exact) mass is 332 g/mol. The second-order valence-electron chi connectivity index (χ2n) is 6.14. The average Bonchev–Trinajstić information content (AvgIpc) is 3.11. The molecule has 0 unspecified atom stereocenters. The lowest BCUT2D eigenvalue weighted by atomic mass is 10.1. The van der Waals surface area contributed by atoms with Crippen LogP contribution in [0.1, 0.15) is 33.9 Å². The lowest BCUT2D eigenvalue weighted by Crippen LogP contribution is -2.62. The predicted molar refractivity (Wildman–Crippen MR) is 86.4 cm³/mol. The van der Waals surface area contributed by atoms with Gasteiger partial charge in [-0.15, -0.1) is 21.5 Å². The van der Waals surface area contributed by atoms with E-state index in [9.17, 15) is 4.79 Å². The Labute approximate surface area is 138 Å². The Hall–Kier alpha value is -1.80. The molecule has 2 aromatic heterocycles. The van der Waals surface area contributed by atoms with Crippen LogP contribution in [0, 0.1) is 6.92 Å². The average molecular weight is 332 g/mol. The molecule has 2 aliphatic heterocycles. The van der Waals surface area contributed by atoms with Crippen LogP contribution >= 0.6 is 11.3 Å². The fraction of sp³-hybridized carbons (Fsp3) is 0.600. The van der Waals surface area contributed by atoms with Crippen molar-refractivity contribution in [1.82, 2.24) is 29.5 Å². The van der Waals surface area contributed by atoms with Crippen molar-refractivity contribution in [2.45, 2.75) is 39.4 Å². The number of thiazole rings is 1. The Bertz CT molecular complexity index is 732. The van der Waals surface area contributed by atoms with Gasteiger partial charge in [0, 0.05) is 38.6 Å². The third-order valence-electron chi connectivity index (χ3n) is 4.78. The van der Waals surface area contributed by atoms with E-state index in [1.807, 2.05) is 11.8 Å². The Morgan fingerprint density at radius 2 is 2.17 bits per heavy atom. The molecule has 2 aliphatic rings. The van der Waals surface area contributed by atoms with Crippen LogP contribution in [-0.4, -0.2) is 61.1 Å². The van der Waals surface area contributed by atoms with Gasteiger partial charge >= 0.3 is 0 Å². The number of hydrogen-bond acceptors (Lipinski definition) is 6. The van der Waals surface area contributed by atoms with Gasteiger partial charge in [0.2, 0.25) is 0 Å². The number of likely N-dealkylation sites (tertiary alicyclic amines) is 1. The smallest absolute Gasteiger partial charge is 0.265 e. The van der Waals surface area contributed by atoms with Crippen LogP contribution in [0.2, 0.25) is 0 Å². The summed E-state index contributed by atoms with van der Waals surface area (Å²) in [4.78, 5) is 21.7. The maximum Gasteiger partial charge on any atom is 0.265 e. The van der Waals surface area contributed by atoms with E-state index in [1.165, 1.54) is 11.3 Å². The van der Waals surface area contributed by atoms with Gasteiger partial charge in [0.1, 0.15) is 16.5 Å². The molecule has 7 nitrogen and oxygen atoms in total. The molecule has 8 heteroatoms. The molecule has 1 saturated heterocycles. The zero-order chi connectivity index (χ0) is 16.0. The molecule has 122 valence electrons. The first-order valence-corrected chi connectivity index (χ1v) is 8.89. The fourth-order valence-electron chi connectivity index (χ4n) is 3.31. The number of aromatic nitrogens is 4. The van der Waals surface area contributed by atoms with E-state index < -0.39 is 0 Å². The van der Waals surface area contributed by atoms with Gasteiger partial charge in [-0.05, 0) is 6.92 Å². The van der Waals surface area contributed by atoms with E-state index in [4.69, 9.17) is 0 Å². The van der Waals surface area contributed by atoms with Gasteiger partial charge in [-0.2, -0.15) is 0 Å². The van der Waals surface area contributed by atoms with E-state index in [1.54, 1.807) is 5.51 Å². The number of fused-ring (bicyclic) bond motifs is 1. The molecule has 0 radical (unpaired) electrons. The van der Waals surface area contributed by atoms with Crippen LogP contribution in [0.15, 0.2) is 5.51 Å². The Morgan fingerprint density at radius 3 is 2.87 bits per heavy atom. The summed E-state index contributed by atoms with van der Waals surface area (Å²) in [6.45, 7) is 8.38. The molecule has 0 saturated carbocycles. The van der Waals surface area contributed by atoms with Crippen LogP contribution in [0.4, 0.5) is 0 Å². The molecule has 4 heterocycles. The SMILES string of the molecule is CCc1nnc2n1CCN(C1CN(C(=O)c3scnc3C)C1)C2. The molecule has 1 amide bonds. The molecule has 2 aromatic rings. The van der Waals surface area contributed by atoms with Gasteiger partial charge in [-0.1, -0.05) is 6.92 Å². The highest BCUT2D eigenvalue weighted by molar-refractivity contribution is 7.11. The van der Waals surface area contributed by atoms with Crippen LogP contribution in [0.25, 0.3) is 0 Å². The summed E-state index contributed by atoms with van der Waals surface area (Å²) in [5, 5.41) is 8.57. The Kier molecular flexibility index (Phi) is 3.65. The highest BCUT2D eigenvalue weighted by atomic mass is 32.1. The predicted octanol–water partition coefficient (Wildman–Crippen LogP) is 0.946. The van der Waals surface area contributed by atoms with Crippen LogP contribution in [0.5, 0.6) is 0 Å². The number of hydrogen-bond donors (Lipinski definition) is 0. The Balaban J connectivity index is 1.38. The number of nitrogens with zero attached hydrogens (tertiary/aromatic N) is 6. The topological polar surface area (TPSA) is 67.2 Å². The van der Waals surface area contributed by atoms with Crippen molar-refractivity contribution in [2.75, 3.05) is 19.6 Å². The zero-order valence-electron chi connectivity index (χ0n) is 13.4. The van der Waals surface area contributed by atoms with E-state index in [0.717, 1.165) is 61.4 Å². The highest BCUT2D eigenvalue weighted by Gasteiger charge is 2.37. The molecule has 0 aromatic carbocycles. The molecular weight excluding hydrogens is 312 g/mol. The summed E-state index contributed by atoms with van der Waals surface area (Å²) in [6, 6.07) is 0.433. The minimum atomic E-state index is 0.120. The van der Waals surface area contributed by atoms with E-state index in [-0.39, 0.29) is 5.91 Å². The molecule has 1 fully saturated rings. The zero-order valence-corrected chi connectivity index (χ0v) is 14.2. The van der Waals surface area contributed by atoms with E-state index >= 15 is 0 Å². The summed E-state index contributed by atoms with van der Waals surface area (Å²) < 4.78 is 2.23. The van der Waals surface area contributed by atoms with Crippen LogP contribution in [0.3, 0.4) is 0 Å². The lowest BCUT2D eigenvalue weighted by molar-refractivity contribution is 0.0168. The molecule has 0 bridgehead atoms. The number of aryl methyl sites for hydroxylation is 2. The molecule has 0 spiro atoms. The number of carbonyl (C=O) groups is 1. The normalized spacial score (nSPS) is 18.8. The first kappa shape index (κ1) is 14.8. The molecule has 0 N–H and O–H groups in total. The highest BCUT2D eigenvalue weighted by Crippen LogP contribution is 2.24. The quantitative estimate of drug-likeness (QED) is 0.837. The largest absolute Gasteiger partial charge is 0.335 e. The van der Waals surface area contributed by atoms with Crippen molar-refractivity contribution in [3.63, 3.8) is 0 Å². The van der Waals surface area contributed by atoms with Gasteiger partial charge in [-0.3, -0.25) is 9.69 Å². The van der Waals surface area contributed by atoms with Crippen molar-refractivity contribution in [3.8, 4) is 0 Å². The second-order valence-corrected chi connectivity index (χ2v) is 6.99. The third kappa shape index (κ3) is 2.46. The van der Waals surface area contributed by atoms with Gasteiger partial charge in [0.25, 0.3) is 5.91 Å². The second kappa shape index (κ2) is 5.68. The summed E-state index contributed by atoms with van der Waals surface area (Å²) in [5.41, 5.74) is 2.57. The maximum atomic E-state index is 12.4. The minimum absolute atomic E-state index is 0.120. The molecular formula is C15H20N6OS. The third-order valence-corrected chi connectivity index (χ3v) is 5.70. The van der Waals surface area contributed by atoms with Gasteiger partial charge in [-0.25, -0.2) is 4.98 Å². The van der Waals surface area contributed by atoms with Crippen molar-refractivity contribution < 1.29 is 4.79 Å². The van der Waals surface area contributed by atoms with Gasteiger partial charge < -0.3 is 9.47 Å². The van der Waals surface area contributed by atoms with Crippen molar-refractivity contribution in [1.29, 1.82) is 0 Å². The number of carbonyl (C=O) groups excluding carboxylic acids is 1. The Morgan fingerprint density at radius 1 is 1.35 bits per heavy atom. The first-order chi connectivity index (χ1) is 11.2. The minimum Gasteiger partial charge on any atom is -0.335 e. The van der Waals surface area contributed by atoms with E-state index in [0.29, 0.717) is 6.04 Å². The van der Waals surface area contributed by atoms with Crippen molar-refractivity contribution in [3.05, 3.63) is 27.7 Å². The lowest BCUT2D eigenvalue weighted by Gasteiger charge is -2.46. The van der Waals surface area contributed by atoms with E-state index in [2.05, 4.69) is 31.6 Å². The number of amides is 1. The molecule has 0 atom stereocenters. The van der Waals surface area contributed by atoms with Gasteiger partial charge in [0.15, 0.2) is 0 Å². The summed E-state index contributed by atoms with van der Waals surface area (Å²) in [7, 11) is 0. The molecule has 4 rings (SSSR count).